The molecule has 8 rings (SSSR count). The van der Waals surface area contributed by atoms with Gasteiger partial charge in [-0.3, -0.25) is 9.89 Å². The molecule has 0 fully saturated rings. The number of Topliss-reactive ketones (excluding diaryl/α,β-unsaturated/α-hetero) is 1. The molecule has 0 unspecified atom stereocenters. The third-order valence-electron chi connectivity index (χ3n) is 11.0. The van der Waals surface area contributed by atoms with Crippen LogP contribution in [0.15, 0.2) is 103 Å². The number of aryl methyl sites for hydroxylation is 2. The number of nitrogens with zero attached hydrogens (tertiary/aromatic N) is 1. The van der Waals surface area contributed by atoms with Crippen LogP contribution in [0.25, 0.3) is 44.2 Å². The van der Waals surface area contributed by atoms with Crippen molar-refractivity contribution >= 4 is 50.3 Å². The summed E-state index contributed by atoms with van der Waals surface area (Å²) < 4.78 is 47.1. The molecule has 10 heteroatoms. The number of ether oxygens (including phenoxy) is 3. The number of aromatic nitrogens is 3. The van der Waals surface area contributed by atoms with Gasteiger partial charge in [0.1, 0.15) is 24.0 Å². The number of carbonyl (C=O) groups excluding carboxylic acids is 1. The van der Waals surface area contributed by atoms with E-state index in [-0.39, 0.29) is 17.4 Å². The average molecular weight is 814 g/mol. The third-order valence-corrected chi connectivity index (χ3v) is 11.2. The Balaban J connectivity index is 0.769. The van der Waals surface area contributed by atoms with Gasteiger partial charge in [-0.1, -0.05) is 67.1 Å². The average Bonchev–Trinajstić information content (AvgIpc) is 3.82. The number of allylic oxidation sites excluding steroid dienone is 1. The predicted molar refractivity (Wildman–Crippen MR) is 231 cm³/mol. The molecule has 0 radical (unpaired) electrons. The van der Waals surface area contributed by atoms with Crippen LogP contribution in [0.2, 0.25) is 5.02 Å². The molecule has 2 heterocycles. The molecule has 0 saturated carbocycles. The summed E-state index contributed by atoms with van der Waals surface area (Å²) in [6.45, 7) is 4.52. The number of nitrogens with one attached hydrogen (secondary N) is 2. The molecule has 0 spiro atoms. The first kappa shape index (κ1) is 40.2. The van der Waals surface area contributed by atoms with E-state index in [0.29, 0.717) is 67.5 Å². The van der Waals surface area contributed by atoms with Crippen LogP contribution in [-0.2, 0) is 22.3 Å². The Labute approximate surface area is 347 Å². The summed E-state index contributed by atoms with van der Waals surface area (Å²) in [6, 6.07) is 30.2. The second-order valence-corrected chi connectivity index (χ2v) is 15.3. The number of ketones is 1. The van der Waals surface area contributed by atoms with Crippen molar-refractivity contribution in [3.05, 3.63) is 153 Å². The van der Waals surface area contributed by atoms with E-state index >= 15 is 4.39 Å². The third kappa shape index (κ3) is 9.18. The Kier molecular flexibility index (Phi) is 12.6. The Hall–Kier alpha value is -5.61. The Bertz CT molecular complexity index is 2610. The lowest BCUT2D eigenvalue weighted by Crippen LogP contribution is -2.11. The number of H-pyrrole nitrogens is 2. The van der Waals surface area contributed by atoms with E-state index in [9.17, 15) is 9.18 Å². The summed E-state index contributed by atoms with van der Waals surface area (Å²) in [7, 11) is 0. The fourth-order valence-corrected chi connectivity index (χ4v) is 8.28. The maximum absolute atomic E-state index is 15.3. The topological polar surface area (TPSA) is 89.2 Å². The molecule has 302 valence electrons. The summed E-state index contributed by atoms with van der Waals surface area (Å²) in [5.74, 6) is -0.0164. The second-order valence-electron chi connectivity index (χ2n) is 14.9. The molecule has 1 aliphatic carbocycles. The molecular formula is C49H46ClF2N3O4. The molecule has 7 aromatic rings. The Morgan fingerprint density at radius 3 is 2.37 bits per heavy atom. The van der Waals surface area contributed by atoms with Gasteiger partial charge in [-0.15, -0.1) is 0 Å². The first-order valence-electron chi connectivity index (χ1n) is 20.3. The van der Waals surface area contributed by atoms with E-state index in [2.05, 4.69) is 45.5 Å². The van der Waals surface area contributed by atoms with Gasteiger partial charge in [0.05, 0.1) is 31.5 Å². The summed E-state index contributed by atoms with van der Waals surface area (Å²) in [6.07, 6.45) is 7.29. The normalized spacial score (nSPS) is 13.3. The molecular weight excluding hydrogens is 768 g/mol. The zero-order chi connectivity index (χ0) is 40.7. The van der Waals surface area contributed by atoms with E-state index in [0.717, 1.165) is 93.2 Å². The lowest BCUT2D eigenvalue weighted by Gasteiger charge is -2.17. The zero-order valence-corrected chi connectivity index (χ0v) is 33.8. The van der Waals surface area contributed by atoms with E-state index in [1.807, 2.05) is 43.3 Å². The van der Waals surface area contributed by atoms with Gasteiger partial charge < -0.3 is 19.2 Å². The maximum atomic E-state index is 15.3. The summed E-state index contributed by atoms with van der Waals surface area (Å²) in [4.78, 5) is 16.0. The second kappa shape index (κ2) is 18.5. The fourth-order valence-electron chi connectivity index (χ4n) is 8.12. The van der Waals surface area contributed by atoms with Crippen LogP contribution in [0.5, 0.6) is 5.75 Å². The highest BCUT2D eigenvalue weighted by molar-refractivity contribution is 6.30. The van der Waals surface area contributed by atoms with E-state index in [1.54, 1.807) is 18.3 Å². The number of fused-ring (bicyclic) bond motifs is 1. The minimum atomic E-state index is -0.388. The van der Waals surface area contributed by atoms with Gasteiger partial charge in [-0.2, -0.15) is 5.10 Å². The molecule has 7 nitrogen and oxygen atoms in total. The van der Waals surface area contributed by atoms with Crippen LogP contribution in [0, 0.1) is 11.6 Å². The number of halogens is 3. The predicted octanol–water partition coefficient (Wildman–Crippen LogP) is 12.0. The van der Waals surface area contributed by atoms with Crippen molar-refractivity contribution < 1.29 is 27.8 Å². The number of carbonyl (C=O) groups is 1. The monoisotopic (exact) mass is 813 g/mol. The van der Waals surface area contributed by atoms with Gasteiger partial charge in [0.25, 0.3) is 0 Å². The minimum Gasteiger partial charge on any atom is -0.491 e. The van der Waals surface area contributed by atoms with Gasteiger partial charge in [0.15, 0.2) is 5.78 Å². The van der Waals surface area contributed by atoms with Gasteiger partial charge >= 0.3 is 0 Å². The standard InChI is InChI=1S/C49H46ClF2N3O4/c1-2-39(40-19-16-36(50)27-43(40)52)47(34-15-20-44-35(26-34)30-53-55-44)32-13-17-38(18-14-32)59-25-24-58-23-22-57-21-4-3-6-31-9-11-33(12-10-31)49-41-7-5-8-46(56)42-28-37(51)29-45(54-49)48(41)42/h9-20,26-30,54H,2-8,21-25H2,1H3,(H,53,55)/b47-39+. The fraction of sp³-hybridized carbons (Fsp3) is 0.265. The molecule has 0 atom stereocenters. The Morgan fingerprint density at radius 2 is 1.58 bits per heavy atom. The van der Waals surface area contributed by atoms with Crippen LogP contribution in [0.3, 0.4) is 0 Å². The summed E-state index contributed by atoms with van der Waals surface area (Å²) in [5, 5.41) is 9.37. The minimum absolute atomic E-state index is 0.0119. The van der Waals surface area contributed by atoms with Crippen molar-refractivity contribution in [2.75, 3.05) is 33.0 Å². The molecule has 5 aromatic carbocycles. The van der Waals surface area contributed by atoms with Crippen molar-refractivity contribution in [2.24, 2.45) is 0 Å². The lowest BCUT2D eigenvalue weighted by molar-refractivity contribution is 0.0353. The van der Waals surface area contributed by atoms with Gasteiger partial charge in [-0.05, 0) is 126 Å². The van der Waals surface area contributed by atoms with Gasteiger partial charge in [-0.25, -0.2) is 8.78 Å². The lowest BCUT2D eigenvalue weighted by atomic mass is 9.87. The van der Waals surface area contributed by atoms with Gasteiger partial charge in [0.2, 0.25) is 0 Å². The molecule has 0 bridgehead atoms. The van der Waals surface area contributed by atoms with E-state index in [1.165, 1.54) is 23.8 Å². The largest absolute Gasteiger partial charge is 0.491 e. The molecule has 1 aliphatic rings. The van der Waals surface area contributed by atoms with Crippen LogP contribution in [0.1, 0.15) is 77.2 Å². The van der Waals surface area contributed by atoms with Crippen LogP contribution in [0.4, 0.5) is 8.78 Å². The summed E-state index contributed by atoms with van der Waals surface area (Å²) in [5.41, 5.74) is 10.7. The first-order chi connectivity index (χ1) is 28.9. The number of unbranched alkanes of at least 4 members (excludes halogenated alkanes) is 1. The number of benzene rings is 5. The van der Waals surface area contributed by atoms with E-state index < -0.39 is 0 Å². The van der Waals surface area contributed by atoms with Crippen molar-refractivity contribution in [3.63, 3.8) is 0 Å². The molecule has 2 N–H and O–H groups in total. The van der Waals surface area contributed by atoms with Crippen molar-refractivity contribution in [3.8, 4) is 17.0 Å². The quantitative estimate of drug-likeness (QED) is 0.0706. The molecule has 2 aromatic heterocycles. The molecule has 0 saturated heterocycles. The number of rotatable bonds is 17. The number of hydrogen-bond donors (Lipinski definition) is 2. The number of hydrogen-bond acceptors (Lipinski definition) is 5. The van der Waals surface area contributed by atoms with Crippen molar-refractivity contribution in [1.29, 1.82) is 0 Å². The first-order valence-corrected chi connectivity index (χ1v) is 20.7. The smallest absolute Gasteiger partial charge is 0.163 e. The zero-order valence-electron chi connectivity index (χ0n) is 33.0. The molecule has 0 amide bonds. The molecule has 59 heavy (non-hydrogen) atoms. The van der Waals surface area contributed by atoms with Crippen LogP contribution >= 0.6 is 11.6 Å². The SMILES string of the molecule is CC/C(=C(/c1ccc(OCCOCCOCCCCc2ccc(-c3[nH]c4cc(F)cc5c4c3CCCC5=O)cc2)cc1)c1ccc2[nH]ncc2c1)c1ccc(Cl)cc1F. The Morgan fingerprint density at radius 1 is 0.797 bits per heavy atom. The highest BCUT2D eigenvalue weighted by atomic mass is 35.5. The van der Waals surface area contributed by atoms with Crippen molar-refractivity contribution in [1.82, 2.24) is 15.2 Å². The van der Waals surface area contributed by atoms with Crippen molar-refractivity contribution in [2.45, 2.75) is 51.9 Å². The highest BCUT2D eigenvalue weighted by Crippen LogP contribution is 2.39. The summed E-state index contributed by atoms with van der Waals surface area (Å²) >= 11 is 6.10. The van der Waals surface area contributed by atoms with E-state index in [4.69, 9.17) is 25.8 Å². The van der Waals surface area contributed by atoms with Gasteiger partial charge in [0, 0.05) is 51.2 Å². The molecule has 0 aliphatic heterocycles. The highest BCUT2D eigenvalue weighted by Gasteiger charge is 2.24. The van der Waals surface area contributed by atoms with Crippen LogP contribution < -0.4 is 4.74 Å². The number of aromatic amines is 2. The maximum Gasteiger partial charge on any atom is 0.163 e. The van der Waals surface area contributed by atoms with Crippen LogP contribution in [-0.4, -0.2) is 54.0 Å².